The molecular weight excluding hydrogens is 347 g/mol. The second-order valence-electron chi connectivity index (χ2n) is 9.58. The smallest absolute Gasteiger partial charge is 0.193 e. The van der Waals surface area contributed by atoms with Crippen LogP contribution in [0.5, 0.6) is 0 Å². The highest BCUT2D eigenvalue weighted by molar-refractivity contribution is 5.92. The first-order valence-electron chi connectivity index (χ1n) is 10.1. The van der Waals surface area contributed by atoms with Crippen molar-refractivity contribution in [2.45, 2.75) is 64.6 Å². The van der Waals surface area contributed by atoms with Crippen LogP contribution < -0.4 is 0 Å². The number of Topliss-reactive ketones (excluding diaryl/α,β-unsaturated/α-hetero) is 1. The number of halogens is 1. The van der Waals surface area contributed by atoms with E-state index in [4.69, 9.17) is 0 Å². The molecule has 0 saturated heterocycles. The van der Waals surface area contributed by atoms with Gasteiger partial charge >= 0.3 is 0 Å². The molecule has 0 amide bonds. The molecule has 4 nitrogen and oxygen atoms in total. The second-order valence-corrected chi connectivity index (χ2v) is 9.58. The Morgan fingerprint density at radius 2 is 2.00 bits per heavy atom. The molecule has 4 aliphatic rings. The van der Waals surface area contributed by atoms with Gasteiger partial charge in [-0.15, -0.1) is 0 Å². The molecule has 7 atom stereocenters. The third-order valence-corrected chi connectivity index (χ3v) is 8.40. The van der Waals surface area contributed by atoms with Gasteiger partial charge in [0.25, 0.3) is 0 Å². The Bertz CT molecular complexity index is 770. The van der Waals surface area contributed by atoms with Crippen LogP contribution in [0.2, 0.25) is 0 Å². The molecule has 0 aliphatic heterocycles. The minimum Gasteiger partial charge on any atom is -0.388 e. The molecule has 0 radical (unpaired) electrons. The van der Waals surface area contributed by atoms with Gasteiger partial charge in [0.15, 0.2) is 17.2 Å². The van der Waals surface area contributed by atoms with Gasteiger partial charge in [-0.05, 0) is 49.5 Å². The molecule has 0 bridgehead atoms. The Kier molecular flexibility index (Phi) is 4.11. The number of rotatable bonds is 2. The fourth-order valence-corrected chi connectivity index (χ4v) is 6.87. The highest BCUT2D eigenvalue weighted by Crippen LogP contribution is 2.66. The van der Waals surface area contributed by atoms with Crippen LogP contribution in [0.4, 0.5) is 4.39 Å². The molecule has 27 heavy (non-hydrogen) atoms. The van der Waals surface area contributed by atoms with Crippen molar-refractivity contribution in [1.82, 2.24) is 0 Å². The van der Waals surface area contributed by atoms with Gasteiger partial charge in [-0.25, -0.2) is 4.39 Å². The summed E-state index contributed by atoms with van der Waals surface area (Å²) in [6.45, 7) is 5.28. The molecule has 2 saturated carbocycles. The summed E-state index contributed by atoms with van der Waals surface area (Å²) in [6, 6.07) is 0. The van der Waals surface area contributed by atoms with E-state index in [9.17, 15) is 19.8 Å². The normalized spacial score (nSPS) is 48.9. The molecule has 0 unspecified atom stereocenters. The summed E-state index contributed by atoms with van der Waals surface area (Å²) >= 11 is 0. The highest BCUT2D eigenvalue weighted by atomic mass is 19.1. The number of hydrogen-bond acceptors (Lipinski definition) is 4. The van der Waals surface area contributed by atoms with Crippen LogP contribution in [0, 0.1) is 28.6 Å². The van der Waals surface area contributed by atoms with Gasteiger partial charge in [0.2, 0.25) is 0 Å². The van der Waals surface area contributed by atoms with Crippen LogP contribution >= 0.6 is 0 Å². The van der Waals surface area contributed by atoms with Gasteiger partial charge in [0.1, 0.15) is 12.8 Å². The highest BCUT2D eigenvalue weighted by Gasteiger charge is 2.69. The SMILES string of the molecule is C[C@H]1C[C@@H]2C(=CC[C@@]3(C)[C@H]2C[C@H](F)[C@]3(O)C(=O)CO)[C@@]2(C)CCC(=O)C=C12. The Balaban J connectivity index is 1.81. The van der Waals surface area contributed by atoms with E-state index in [2.05, 4.69) is 19.9 Å². The summed E-state index contributed by atoms with van der Waals surface area (Å²) in [7, 11) is 0. The molecule has 0 aromatic carbocycles. The van der Waals surface area contributed by atoms with E-state index in [-0.39, 0.29) is 35.4 Å². The fourth-order valence-electron chi connectivity index (χ4n) is 6.87. The number of ketones is 2. The zero-order valence-electron chi connectivity index (χ0n) is 16.3. The predicted molar refractivity (Wildman–Crippen MR) is 98.6 cm³/mol. The summed E-state index contributed by atoms with van der Waals surface area (Å²) in [5.74, 6) is -0.472. The van der Waals surface area contributed by atoms with Crippen molar-refractivity contribution >= 4 is 11.6 Å². The molecule has 148 valence electrons. The summed E-state index contributed by atoms with van der Waals surface area (Å²) in [4.78, 5) is 24.3. The lowest BCUT2D eigenvalue weighted by atomic mass is 9.49. The first kappa shape index (κ1) is 19.0. The van der Waals surface area contributed by atoms with Crippen molar-refractivity contribution in [2.24, 2.45) is 28.6 Å². The molecule has 4 rings (SSSR count). The van der Waals surface area contributed by atoms with E-state index in [1.807, 2.05) is 6.08 Å². The topological polar surface area (TPSA) is 74.6 Å². The molecule has 2 N–H and O–H groups in total. The van der Waals surface area contributed by atoms with Crippen molar-refractivity contribution in [2.75, 3.05) is 6.61 Å². The fraction of sp³-hybridized carbons (Fsp3) is 0.727. The largest absolute Gasteiger partial charge is 0.388 e. The van der Waals surface area contributed by atoms with Crippen LogP contribution in [0.1, 0.15) is 52.9 Å². The van der Waals surface area contributed by atoms with Crippen LogP contribution in [0.3, 0.4) is 0 Å². The average Bonchev–Trinajstić information content (AvgIpc) is 2.84. The van der Waals surface area contributed by atoms with Crippen LogP contribution in [-0.2, 0) is 9.59 Å². The standard InChI is InChI=1S/C22H29FO4/c1-12-8-14-15(20(2)6-4-13(25)9-16(12)20)5-7-21(3)17(14)10-18(23)22(21,27)19(26)11-24/h5,9,12,14,17-18,24,27H,4,6-8,10-11H2,1-3H3/t12-,14+,17-,18-,20+,21-,22-/m0/s1. The number of aliphatic hydroxyl groups is 2. The lowest BCUT2D eigenvalue weighted by Crippen LogP contribution is -2.59. The number of aliphatic hydroxyl groups excluding tert-OH is 1. The Hall–Kier alpha value is -1.33. The van der Waals surface area contributed by atoms with Gasteiger partial charge in [0, 0.05) is 17.3 Å². The molecule has 0 aromatic heterocycles. The quantitative estimate of drug-likeness (QED) is 0.727. The van der Waals surface area contributed by atoms with Crippen LogP contribution in [-0.4, -0.2) is 40.2 Å². The predicted octanol–water partition coefficient (Wildman–Crippen LogP) is 2.92. The zero-order chi connectivity index (χ0) is 19.8. The van der Waals surface area contributed by atoms with Crippen molar-refractivity contribution in [3.05, 3.63) is 23.3 Å². The van der Waals surface area contributed by atoms with Gasteiger partial charge < -0.3 is 10.2 Å². The molecular formula is C22H29FO4. The summed E-state index contributed by atoms with van der Waals surface area (Å²) < 4.78 is 15.0. The molecule has 0 spiro atoms. The molecule has 0 aromatic rings. The first-order chi connectivity index (χ1) is 12.6. The first-order valence-corrected chi connectivity index (χ1v) is 10.1. The van der Waals surface area contributed by atoms with Gasteiger partial charge in [0.05, 0.1) is 0 Å². The Morgan fingerprint density at radius 3 is 2.67 bits per heavy atom. The number of allylic oxidation sites excluding steroid dienone is 4. The van der Waals surface area contributed by atoms with E-state index >= 15 is 4.39 Å². The monoisotopic (exact) mass is 376 g/mol. The molecule has 2 fully saturated rings. The van der Waals surface area contributed by atoms with Crippen molar-refractivity contribution < 1.29 is 24.2 Å². The maximum Gasteiger partial charge on any atom is 0.193 e. The van der Waals surface area contributed by atoms with E-state index in [0.717, 1.165) is 12.8 Å². The van der Waals surface area contributed by atoms with Crippen molar-refractivity contribution in [1.29, 1.82) is 0 Å². The minimum absolute atomic E-state index is 0.0906. The maximum atomic E-state index is 15.0. The molecule has 4 aliphatic carbocycles. The van der Waals surface area contributed by atoms with E-state index in [1.54, 1.807) is 6.92 Å². The van der Waals surface area contributed by atoms with Crippen molar-refractivity contribution in [3.63, 3.8) is 0 Å². The summed E-state index contributed by atoms with van der Waals surface area (Å²) in [5.41, 5.74) is -0.791. The molecule has 0 heterocycles. The minimum atomic E-state index is -2.13. The third-order valence-electron chi connectivity index (χ3n) is 8.40. The van der Waals surface area contributed by atoms with Crippen LogP contribution in [0.25, 0.3) is 0 Å². The second kappa shape index (κ2) is 5.84. The van der Waals surface area contributed by atoms with Gasteiger partial charge in [-0.2, -0.15) is 0 Å². The molecule has 5 heteroatoms. The van der Waals surface area contributed by atoms with E-state index in [1.165, 1.54) is 11.1 Å². The maximum absolute atomic E-state index is 15.0. The number of fused-ring (bicyclic) bond motifs is 5. The summed E-state index contributed by atoms with van der Waals surface area (Å²) in [6.07, 6.45) is 4.91. The van der Waals surface area contributed by atoms with Crippen molar-refractivity contribution in [3.8, 4) is 0 Å². The van der Waals surface area contributed by atoms with Gasteiger partial charge in [-0.3, -0.25) is 9.59 Å². The number of alkyl halides is 1. The zero-order valence-corrected chi connectivity index (χ0v) is 16.3. The lowest BCUT2D eigenvalue weighted by molar-refractivity contribution is -0.163. The Labute approximate surface area is 159 Å². The number of carbonyl (C=O) groups is 2. The van der Waals surface area contributed by atoms with E-state index in [0.29, 0.717) is 12.8 Å². The van der Waals surface area contributed by atoms with E-state index < -0.39 is 29.6 Å². The third kappa shape index (κ3) is 2.21. The lowest BCUT2D eigenvalue weighted by Gasteiger charge is -2.55. The average molecular weight is 376 g/mol. The number of hydrogen-bond donors (Lipinski definition) is 2. The van der Waals surface area contributed by atoms with Crippen LogP contribution in [0.15, 0.2) is 23.3 Å². The van der Waals surface area contributed by atoms with Gasteiger partial charge in [-0.1, -0.05) is 38.0 Å². The Morgan fingerprint density at radius 1 is 1.30 bits per heavy atom. The summed E-state index contributed by atoms with van der Waals surface area (Å²) in [5, 5.41) is 20.4. The number of carbonyl (C=O) groups excluding carboxylic acids is 2.